The Kier molecular flexibility index (Phi) is 2.83. The van der Waals surface area contributed by atoms with Crippen LogP contribution in [0.3, 0.4) is 0 Å². The second kappa shape index (κ2) is 4.09. The van der Waals surface area contributed by atoms with Crippen molar-refractivity contribution in [3.05, 3.63) is 22.8 Å². The van der Waals surface area contributed by atoms with E-state index >= 15 is 0 Å². The SMILES string of the molecule is Brc1cccnc1NCCC1CC1. The summed E-state index contributed by atoms with van der Waals surface area (Å²) < 4.78 is 1.05. The van der Waals surface area contributed by atoms with Crippen molar-refractivity contribution in [2.75, 3.05) is 11.9 Å². The first kappa shape index (κ1) is 9.00. The van der Waals surface area contributed by atoms with Crippen molar-refractivity contribution in [2.45, 2.75) is 19.3 Å². The molecule has 2 nitrogen and oxygen atoms in total. The van der Waals surface area contributed by atoms with E-state index in [0.717, 1.165) is 22.8 Å². The second-order valence-electron chi connectivity index (χ2n) is 3.49. The fourth-order valence-electron chi connectivity index (χ4n) is 1.32. The Hall–Kier alpha value is -0.570. The Bertz CT molecular complexity index is 284. The van der Waals surface area contributed by atoms with Crippen molar-refractivity contribution in [1.29, 1.82) is 0 Å². The fraction of sp³-hybridized carbons (Fsp3) is 0.500. The van der Waals surface area contributed by atoms with E-state index in [2.05, 4.69) is 26.2 Å². The number of hydrogen-bond acceptors (Lipinski definition) is 2. The average molecular weight is 241 g/mol. The summed E-state index contributed by atoms with van der Waals surface area (Å²) in [6, 6.07) is 3.93. The van der Waals surface area contributed by atoms with Crippen molar-refractivity contribution in [3.8, 4) is 0 Å². The zero-order chi connectivity index (χ0) is 9.10. The van der Waals surface area contributed by atoms with Gasteiger partial charge >= 0.3 is 0 Å². The molecule has 1 aliphatic carbocycles. The third kappa shape index (κ3) is 2.69. The van der Waals surface area contributed by atoms with E-state index < -0.39 is 0 Å². The molecule has 0 aliphatic heterocycles. The van der Waals surface area contributed by atoms with Crippen LogP contribution in [0.15, 0.2) is 22.8 Å². The van der Waals surface area contributed by atoms with Gasteiger partial charge in [-0.15, -0.1) is 0 Å². The Balaban J connectivity index is 1.82. The van der Waals surface area contributed by atoms with Gasteiger partial charge in [-0.25, -0.2) is 4.98 Å². The van der Waals surface area contributed by atoms with Crippen LogP contribution in [0, 0.1) is 5.92 Å². The lowest BCUT2D eigenvalue weighted by Crippen LogP contribution is -2.04. The molecule has 1 heterocycles. The number of pyridine rings is 1. The number of anilines is 1. The van der Waals surface area contributed by atoms with Gasteiger partial charge in [-0.1, -0.05) is 12.8 Å². The van der Waals surface area contributed by atoms with E-state index in [-0.39, 0.29) is 0 Å². The standard InChI is InChI=1S/C10H13BrN2/c11-9-2-1-6-12-10(9)13-7-5-8-3-4-8/h1-2,6,8H,3-5,7H2,(H,12,13). The Morgan fingerprint density at radius 2 is 2.38 bits per heavy atom. The molecule has 1 fully saturated rings. The number of halogens is 1. The van der Waals surface area contributed by atoms with Crippen LogP contribution in [0.5, 0.6) is 0 Å². The first-order valence-corrected chi connectivity index (χ1v) is 5.50. The summed E-state index contributed by atoms with van der Waals surface area (Å²) in [6.07, 6.45) is 5.93. The molecule has 13 heavy (non-hydrogen) atoms. The van der Waals surface area contributed by atoms with Gasteiger partial charge in [-0.05, 0) is 40.4 Å². The average Bonchev–Trinajstić information content (AvgIpc) is 2.92. The molecule has 70 valence electrons. The Labute approximate surface area is 86.9 Å². The molecule has 2 rings (SSSR count). The molecule has 0 amide bonds. The summed E-state index contributed by atoms with van der Waals surface area (Å²) >= 11 is 3.45. The van der Waals surface area contributed by atoms with Crippen LogP contribution in [0.4, 0.5) is 5.82 Å². The lowest BCUT2D eigenvalue weighted by Gasteiger charge is -2.05. The first-order chi connectivity index (χ1) is 6.36. The van der Waals surface area contributed by atoms with E-state index in [9.17, 15) is 0 Å². The van der Waals surface area contributed by atoms with Crippen LogP contribution < -0.4 is 5.32 Å². The zero-order valence-corrected chi connectivity index (χ0v) is 9.05. The molecule has 0 unspecified atom stereocenters. The molecule has 0 spiro atoms. The van der Waals surface area contributed by atoms with Crippen molar-refractivity contribution in [1.82, 2.24) is 4.98 Å². The van der Waals surface area contributed by atoms with E-state index in [0.29, 0.717) is 0 Å². The summed E-state index contributed by atoms with van der Waals surface area (Å²) in [7, 11) is 0. The molecule has 0 radical (unpaired) electrons. The van der Waals surface area contributed by atoms with E-state index in [1.807, 2.05) is 18.3 Å². The van der Waals surface area contributed by atoms with Gasteiger partial charge in [0, 0.05) is 12.7 Å². The van der Waals surface area contributed by atoms with Crippen LogP contribution in [0.1, 0.15) is 19.3 Å². The van der Waals surface area contributed by atoms with Gasteiger partial charge in [0.05, 0.1) is 4.47 Å². The van der Waals surface area contributed by atoms with Crippen molar-refractivity contribution in [2.24, 2.45) is 5.92 Å². The Morgan fingerprint density at radius 1 is 1.54 bits per heavy atom. The van der Waals surface area contributed by atoms with Gasteiger partial charge in [0.15, 0.2) is 0 Å². The topological polar surface area (TPSA) is 24.9 Å². The Morgan fingerprint density at radius 3 is 3.08 bits per heavy atom. The largest absolute Gasteiger partial charge is 0.369 e. The second-order valence-corrected chi connectivity index (χ2v) is 4.35. The summed E-state index contributed by atoms with van der Waals surface area (Å²) in [5, 5.41) is 3.33. The number of aromatic nitrogens is 1. The van der Waals surface area contributed by atoms with Gasteiger partial charge in [0.2, 0.25) is 0 Å². The van der Waals surface area contributed by atoms with E-state index in [1.54, 1.807) is 0 Å². The van der Waals surface area contributed by atoms with Crippen molar-refractivity contribution in [3.63, 3.8) is 0 Å². The minimum Gasteiger partial charge on any atom is -0.369 e. The maximum absolute atomic E-state index is 4.24. The number of hydrogen-bond donors (Lipinski definition) is 1. The molecule has 1 saturated carbocycles. The molecule has 1 aromatic heterocycles. The van der Waals surface area contributed by atoms with Crippen LogP contribution in [-0.4, -0.2) is 11.5 Å². The van der Waals surface area contributed by atoms with Gasteiger partial charge in [-0.3, -0.25) is 0 Å². The predicted molar refractivity (Wildman–Crippen MR) is 57.8 cm³/mol. The smallest absolute Gasteiger partial charge is 0.140 e. The van der Waals surface area contributed by atoms with Crippen LogP contribution >= 0.6 is 15.9 Å². The molecule has 0 aromatic carbocycles. The van der Waals surface area contributed by atoms with Gasteiger partial charge in [0.1, 0.15) is 5.82 Å². The highest BCUT2D eigenvalue weighted by molar-refractivity contribution is 9.10. The highest BCUT2D eigenvalue weighted by Crippen LogP contribution is 2.32. The molecular formula is C10H13BrN2. The van der Waals surface area contributed by atoms with Gasteiger partial charge < -0.3 is 5.32 Å². The third-order valence-corrected chi connectivity index (χ3v) is 2.94. The molecule has 1 N–H and O–H groups in total. The molecule has 1 aliphatic rings. The quantitative estimate of drug-likeness (QED) is 0.876. The van der Waals surface area contributed by atoms with Crippen molar-refractivity contribution >= 4 is 21.7 Å². The summed E-state index contributed by atoms with van der Waals surface area (Å²) in [4.78, 5) is 4.24. The highest BCUT2D eigenvalue weighted by atomic mass is 79.9. The normalized spacial score (nSPS) is 15.8. The monoisotopic (exact) mass is 240 g/mol. The molecule has 1 aromatic rings. The third-order valence-electron chi connectivity index (χ3n) is 2.30. The molecule has 0 atom stereocenters. The first-order valence-electron chi connectivity index (χ1n) is 4.70. The highest BCUT2D eigenvalue weighted by Gasteiger charge is 2.20. The van der Waals surface area contributed by atoms with E-state index in [1.165, 1.54) is 19.3 Å². The minimum absolute atomic E-state index is 0.961. The number of rotatable bonds is 4. The number of nitrogens with zero attached hydrogens (tertiary/aromatic N) is 1. The van der Waals surface area contributed by atoms with Crippen LogP contribution in [0.2, 0.25) is 0 Å². The fourth-order valence-corrected chi connectivity index (χ4v) is 1.71. The predicted octanol–water partition coefficient (Wildman–Crippen LogP) is 3.06. The van der Waals surface area contributed by atoms with Gasteiger partial charge in [0.25, 0.3) is 0 Å². The molecule has 0 bridgehead atoms. The number of nitrogens with one attached hydrogen (secondary N) is 1. The van der Waals surface area contributed by atoms with Gasteiger partial charge in [-0.2, -0.15) is 0 Å². The van der Waals surface area contributed by atoms with Crippen LogP contribution in [-0.2, 0) is 0 Å². The van der Waals surface area contributed by atoms with E-state index in [4.69, 9.17) is 0 Å². The molecule has 0 saturated heterocycles. The molecular weight excluding hydrogens is 228 g/mol. The maximum Gasteiger partial charge on any atom is 0.140 e. The zero-order valence-electron chi connectivity index (χ0n) is 7.46. The lowest BCUT2D eigenvalue weighted by atomic mass is 10.3. The molecule has 3 heteroatoms. The summed E-state index contributed by atoms with van der Waals surface area (Å²) in [5.41, 5.74) is 0. The van der Waals surface area contributed by atoms with Crippen LogP contribution in [0.25, 0.3) is 0 Å². The van der Waals surface area contributed by atoms with Crippen molar-refractivity contribution < 1.29 is 0 Å². The summed E-state index contributed by atoms with van der Waals surface area (Å²) in [6.45, 7) is 1.04. The summed E-state index contributed by atoms with van der Waals surface area (Å²) in [5.74, 6) is 1.94. The lowest BCUT2D eigenvalue weighted by molar-refractivity contribution is 0.758. The minimum atomic E-state index is 0.961. The maximum atomic E-state index is 4.24.